The quantitative estimate of drug-likeness (QED) is 0.894. The number of nitrogens with zero attached hydrogens (tertiary/aromatic N) is 2. The van der Waals surface area contributed by atoms with Gasteiger partial charge >= 0.3 is 6.09 Å². The second-order valence-corrected chi connectivity index (χ2v) is 6.50. The highest BCUT2D eigenvalue weighted by molar-refractivity contribution is 5.95. The van der Waals surface area contributed by atoms with Crippen LogP contribution in [0, 0.1) is 6.92 Å². The number of nitrogens with one attached hydrogen (secondary N) is 2. The van der Waals surface area contributed by atoms with E-state index in [-0.39, 0.29) is 18.0 Å². The van der Waals surface area contributed by atoms with Crippen molar-refractivity contribution in [3.63, 3.8) is 0 Å². The third-order valence-corrected chi connectivity index (χ3v) is 4.88. The van der Waals surface area contributed by atoms with Crippen molar-refractivity contribution in [2.45, 2.75) is 32.2 Å². The number of aromatic nitrogens is 2. The third-order valence-electron chi connectivity index (χ3n) is 4.88. The van der Waals surface area contributed by atoms with E-state index in [2.05, 4.69) is 15.5 Å². The van der Waals surface area contributed by atoms with Crippen LogP contribution in [0.5, 0.6) is 0 Å². The Morgan fingerprint density at radius 3 is 2.88 bits per heavy atom. The molecule has 25 heavy (non-hydrogen) atoms. The van der Waals surface area contributed by atoms with E-state index in [1.165, 1.54) is 5.56 Å². The highest BCUT2D eigenvalue weighted by Gasteiger charge is 2.25. The molecule has 1 aliphatic carbocycles. The number of fused-ring (bicyclic) bond motifs is 1. The van der Waals surface area contributed by atoms with Gasteiger partial charge in [0.2, 0.25) is 0 Å². The summed E-state index contributed by atoms with van der Waals surface area (Å²) in [5.74, 6) is -0.0925. The summed E-state index contributed by atoms with van der Waals surface area (Å²) < 4.78 is 4.93. The average molecular weight is 340 g/mol. The molecule has 2 aliphatic rings. The molecule has 1 saturated heterocycles. The molecule has 1 atom stereocenters. The largest absolute Gasteiger partial charge is 0.447 e. The first-order chi connectivity index (χ1) is 12.1. The van der Waals surface area contributed by atoms with E-state index in [1.807, 2.05) is 6.92 Å². The lowest BCUT2D eigenvalue weighted by atomic mass is 9.91. The summed E-state index contributed by atoms with van der Waals surface area (Å²) in [7, 11) is 0. The van der Waals surface area contributed by atoms with Gasteiger partial charge in [0, 0.05) is 23.0 Å². The highest BCUT2D eigenvalue weighted by atomic mass is 16.6. The lowest BCUT2D eigenvalue weighted by molar-refractivity contribution is 0.0933. The summed E-state index contributed by atoms with van der Waals surface area (Å²) in [5, 5.41) is 10.4. The van der Waals surface area contributed by atoms with Gasteiger partial charge in [-0.05, 0) is 56.0 Å². The van der Waals surface area contributed by atoms with Crippen molar-refractivity contribution in [2.75, 3.05) is 18.1 Å². The normalized spacial score (nSPS) is 19.5. The maximum absolute atomic E-state index is 12.5. The van der Waals surface area contributed by atoms with Crippen molar-refractivity contribution in [2.24, 2.45) is 0 Å². The van der Waals surface area contributed by atoms with E-state index < -0.39 is 0 Å². The van der Waals surface area contributed by atoms with Crippen LogP contribution in [-0.4, -0.2) is 41.4 Å². The molecular weight excluding hydrogens is 320 g/mol. The van der Waals surface area contributed by atoms with Crippen LogP contribution in [0.15, 0.2) is 24.3 Å². The van der Waals surface area contributed by atoms with Gasteiger partial charge in [0.15, 0.2) is 0 Å². The fourth-order valence-electron chi connectivity index (χ4n) is 3.45. The average Bonchev–Trinajstić information content (AvgIpc) is 3.21. The van der Waals surface area contributed by atoms with Gasteiger partial charge in [0.1, 0.15) is 6.61 Å². The van der Waals surface area contributed by atoms with Crippen LogP contribution in [0.4, 0.5) is 10.5 Å². The number of hydrogen-bond acceptors (Lipinski definition) is 4. The van der Waals surface area contributed by atoms with E-state index in [0.717, 1.165) is 36.3 Å². The van der Waals surface area contributed by atoms with Crippen molar-refractivity contribution in [1.82, 2.24) is 15.5 Å². The summed E-state index contributed by atoms with van der Waals surface area (Å²) in [6.07, 6.45) is 2.23. The minimum absolute atomic E-state index is 0.0925. The van der Waals surface area contributed by atoms with E-state index in [4.69, 9.17) is 4.74 Å². The van der Waals surface area contributed by atoms with Gasteiger partial charge in [-0.15, -0.1) is 0 Å². The number of aromatic amines is 1. The molecule has 2 amide bonds. The molecule has 1 fully saturated rings. The molecule has 2 N–H and O–H groups in total. The Morgan fingerprint density at radius 2 is 2.16 bits per heavy atom. The van der Waals surface area contributed by atoms with Crippen LogP contribution in [0.25, 0.3) is 0 Å². The Balaban J connectivity index is 1.41. The summed E-state index contributed by atoms with van der Waals surface area (Å²) in [6.45, 7) is 2.95. The van der Waals surface area contributed by atoms with E-state index in [0.29, 0.717) is 18.7 Å². The Labute approximate surface area is 145 Å². The molecule has 2 heterocycles. The zero-order valence-corrected chi connectivity index (χ0v) is 14.0. The molecule has 0 spiro atoms. The van der Waals surface area contributed by atoms with Gasteiger partial charge in [-0.25, -0.2) is 4.79 Å². The second kappa shape index (κ2) is 6.23. The highest BCUT2D eigenvalue weighted by Crippen LogP contribution is 2.23. The number of benzene rings is 1. The fourth-order valence-corrected chi connectivity index (χ4v) is 3.45. The molecule has 0 bridgehead atoms. The molecule has 1 aliphatic heterocycles. The second-order valence-electron chi connectivity index (χ2n) is 6.50. The smallest absolute Gasteiger partial charge is 0.414 e. The summed E-state index contributed by atoms with van der Waals surface area (Å²) in [4.78, 5) is 25.6. The number of anilines is 1. The Bertz CT molecular complexity index is 812. The van der Waals surface area contributed by atoms with Crippen LogP contribution in [0.1, 0.15) is 33.7 Å². The number of carbonyl (C=O) groups excluding carboxylic acids is 2. The van der Waals surface area contributed by atoms with Crippen LogP contribution in [-0.2, 0) is 17.6 Å². The molecule has 7 heteroatoms. The predicted molar refractivity (Wildman–Crippen MR) is 91.7 cm³/mol. The van der Waals surface area contributed by atoms with Crippen molar-refractivity contribution in [3.8, 4) is 0 Å². The summed E-state index contributed by atoms with van der Waals surface area (Å²) in [6, 6.07) is 7.16. The van der Waals surface area contributed by atoms with Crippen LogP contribution < -0.4 is 10.2 Å². The van der Waals surface area contributed by atoms with Gasteiger partial charge in [-0.2, -0.15) is 5.10 Å². The Morgan fingerprint density at radius 1 is 1.36 bits per heavy atom. The maximum atomic E-state index is 12.5. The number of ether oxygens (including phenoxy) is 1. The third kappa shape index (κ3) is 2.97. The molecule has 1 unspecified atom stereocenters. The minimum atomic E-state index is -0.342. The molecular formula is C18H20N4O3. The lowest BCUT2D eigenvalue weighted by Gasteiger charge is -2.23. The molecule has 130 valence electrons. The Kier molecular flexibility index (Phi) is 3.91. The molecule has 7 nitrogen and oxygen atoms in total. The first-order valence-corrected chi connectivity index (χ1v) is 8.50. The van der Waals surface area contributed by atoms with E-state index in [1.54, 1.807) is 29.2 Å². The van der Waals surface area contributed by atoms with Crippen LogP contribution in [0.2, 0.25) is 0 Å². The molecule has 1 aromatic carbocycles. The summed E-state index contributed by atoms with van der Waals surface area (Å²) in [5.41, 5.74) is 4.75. The molecule has 4 rings (SSSR count). The predicted octanol–water partition coefficient (Wildman–Crippen LogP) is 1.96. The van der Waals surface area contributed by atoms with Crippen molar-refractivity contribution < 1.29 is 14.3 Å². The zero-order chi connectivity index (χ0) is 17.4. The topological polar surface area (TPSA) is 87.3 Å². The minimum Gasteiger partial charge on any atom is -0.447 e. The van der Waals surface area contributed by atoms with Crippen molar-refractivity contribution in [3.05, 3.63) is 46.8 Å². The number of H-pyrrole nitrogens is 1. The number of hydrogen-bond donors (Lipinski definition) is 2. The van der Waals surface area contributed by atoms with Gasteiger partial charge in [-0.1, -0.05) is 0 Å². The van der Waals surface area contributed by atoms with Gasteiger partial charge in [-0.3, -0.25) is 14.8 Å². The molecule has 0 radical (unpaired) electrons. The van der Waals surface area contributed by atoms with E-state index >= 15 is 0 Å². The lowest BCUT2D eigenvalue weighted by Crippen LogP contribution is -2.38. The zero-order valence-electron chi connectivity index (χ0n) is 14.0. The first-order valence-electron chi connectivity index (χ1n) is 8.50. The number of rotatable bonds is 3. The van der Waals surface area contributed by atoms with Crippen LogP contribution >= 0.6 is 0 Å². The monoisotopic (exact) mass is 340 g/mol. The first kappa shape index (κ1) is 15.7. The fraction of sp³-hybridized carbons (Fsp3) is 0.389. The number of aryl methyl sites for hydroxylation is 2. The van der Waals surface area contributed by atoms with Crippen LogP contribution in [0.3, 0.4) is 0 Å². The standard InChI is InChI=1S/C18H20N4O3/c1-11-15-10-13(4-7-16(15)21-20-11)19-17(23)12-2-5-14(6-3-12)22-8-9-25-18(22)24/h2-3,5-6,13H,4,7-10H2,1H3,(H,19,23)(H,20,21). The van der Waals surface area contributed by atoms with Gasteiger partial charge in [0.25, 0.3) is 5.91 Å². The SMILES string of the molecule is Cc1[nH]nc2c1CC(NC(=O)c1ccc(N3CCOC3=O)cc1)CC2. The molecule has 1 aromatic heterocycles. The van der Waals surface area contributed by atoms with Crippen molar-refractivity contribution in [1.29, 1.82) is 0 Å². The van der Waals surface area contributed by atoms with Gasteiger partial charge < -0.3 is 10.1 Å². The van der Waals surface area contributed by atoms with E-state index in [9.17, 15) is 9.59 Å². The maximum Gasteiger partial charge on any atom is 0.414 e. The number of carbonyl (C=O) groups is 2. The number of amides is 2. The molecule has 0 saturated carbocycles. The summed E-state index contributed by atoms with van der Waals surface area (Å²) >= 11 is 0. The number of cyclic esters (lactones) is 1. The Hall–Kier alpha value is -2.83. The van der Waals surface area contributed by atoms with Gasteiger partial charge in [0.05, 0.1) is 12.2 Å². The molecule has 2 aromatic rings. The van der Waals surface area contributed by atoms with Crippen molar-refractivity contribution >= 4 is 17.7 Å².